The van der Waals surface area contributed by atoms with E-state index >= 15 is 0 Å². The van der Waals surface area contributed by atoms with Gasteiger partial charge in [-0.15, -0.1) is 0 Å². The van der Waals surface area contributed by atoms with Crippen LogP contribution in [0.15, 0.2) is 43.0 Å². The van der Waals surface area contributed by atoms with Gasteiger partial charge in [0, 0.05) is 25.5 Å². The van der Waals surface area contributed by atoms with Gasteiger partial charge in [-0.1, -0.05) is 18.2 Å². The second-order valence-electron chi connectivity index (χ2n) is 5.76. The highest BCUT2D eigenvalue weighted by molar-refractivity contribution is 5.87. The van der Waals surface area contributed by atoms with Crippen molar-refractivity contribution < 1.29 is 18.0 Å². The summed E-state index contributed by atoms with van der Waals surface area (Å²) in [6.07, 6.45) is 0.604. The number of carbonyl (C=O) groups excluding carboxylic acids is 1. The molecule has 0 spiro atoms. The third-order valence-electron chi connectivity index (χ3n) is 3.69. The van der Waals surface area contributed by atoms with Crippen molar-refractivity contribution in [1.82, 2.24) is 14.9 Å². The molecule has 1 N–H and O–H groups in total. The average molecular weight is 325 g/mol. The summed E-state index contributed by atoms with van der Waals surface area (Å²) in [7, 11) is 0. The lowest BCUT2D eigenvalue weighted by atomic mass is 9.83. The quantitative estimate of drug-likeness (QED) is 0.919. The Bertz CT molecular complexity index is 663. The van der Waals surface area contributed by atoms with Crippen LogP contribution < -0.4 is 5.32 Å². The van der Waals surface area contributed by atoms with Crippen LogP contribution in [0.25, 0.3) is 0 Å². The molecule has 1 aromatic heterocycles. The van der Waals surface area contributed by atoms with E-state index in [9.17, 15) is 18.0 Å². The van der Waals surface area contributed by atoms with E-state index in [0.717, 1.165) is 12.1 Å². The largest absolute Gasteiger partial charge is 0.416 e. The van der Waals surface area contributed by atoms with E-state index in [1.165, 1.54) is 12.1 Å². The molecule has 7 heteroatoms. The topological polar surface area (TPSA) is 46.9 Å². The number of hydrogen-bond donors (Lipinski definition) is 1. The van der Waals surface area contributed by atoms with Crippen LogP contribution >= 0.6 is 0 Å². The summed E-state index contributed by atoms with van der Waals surface area (Å²) >= 11 is 0. The van der Waals surface area contributed by atoms with E-state index < -0.39 is 17.2 Å². The van der Waals surface area contributed by atoms with Gasteiger partial charge in [-0.25, -0.2) is 4.98 Å². The number of hydrogen-bond acceptors (Lipinski definition) is 2. The summed E-state index contributed by atoms with van der Waals surface area (Å²) in [5, 5.41) is 2.75. The number of nitrogens with one attached hydrogen (secondary N) is 1. The van der Waals surface area contributed by atoms with Gasteiger partial charge in [0.05, 0.1) is 17.3 Å². The molecule has 0 unspecified atom stereocenters. The van der Waals surface area contributed by atoms with Gasteiger partial charge < -0.3 is 9.88 Å². The first-order valence-corrected chi connectivity index (χ1v) is 7.13. The zero-order valence-corrected chi connectivity index (χ0v) is 12.9. The number of carbonyl (C=O) groups is 1. The summed E-state index contributed by atoms with van der Waals surface area (Å²) in [6, 6.07) is 4.87. The maximum atomic E-state index is 12.8. The number of amides is 1. The van der Waals surface area contributed by atoms with Crippen molar-refractivity contribution in [3.05, 3.63) is 54.1 Å². The third-order valence-corrected chi connectivity index (χ3v) is 3.69. The van der Waals surface area contributed by atoms with Crippen LogP contribution in [0.4, 0.5) is 13.2 Å². The molecule has 0 saturated carbocycles. The molecule has 0 aliphatic heterocycles. The minimum Gasteiger partial charge on any atom is -0.354 e. The van der Waals surface area contributed by atoms with Crippen LogP contribution in [0, 0.1) is 0 Å². The molecule has 0 aliphatic carbocycles. The number of alkyl halides is 3. The molecule has 2 rings (SSSR count). The van der Waals surface area contributed by atoms with E-state index in [4.69, 9.17) is 0 Å². The Morgan fingerprint density at radius 1 is 1.26 bits per heavy atom. The van der Waals surface area contributed by atoms with Crippen LogP contribution in [-0.4, -0.2) is 22.0 Å². The van der Waals surface area contributed by atoms with Crippen LogP contribution in [0.1, 0.15) is 25.0 Å². The lowest BCUT2D eigenvalue weighted by molar-refractivity contribution is -0.137. The molecule has 0 bridgehead atoms. The Kier molecular flexibility index (Phi) is 4.77. The first kappa shape index (κ1) is 17.1. The molecule has 1 aromatic carbocycles. The molecule has 124 valence electrons. The Hall–Kier alpha value is -2.31. The highest BCUT2D eigenvalue weighted by atomic mass is 19.4. The summed E-state index contributed by atoms with van der Waals surface area (Å²) in [4.78, 5) is 16.2. The molecule has 0 saturated heterocycles. The molecule has 2 aromatic rings. The molecule has 1 amide bonds. The molecule has 0 aliphatic rings. The van der Waals surface area contributed by atoms with Crippen LogP contribution in [0.2, 0.25) is 0 Å². The minimum atomic E-state index is -4.43. The highest BCUT2D eigenvalue weighted by Gasteiger charge is 2.34. The number of halogens is 3. The van der Waals surface area contributed by atoms with Gasteiger partial charge in [0.1, 0.15) is 0 Å². The van der Waals surface area contributed by atoms with Gasteiger partial charge >= 0.3 is 6.18 Å². The van der Waals surface area contributed by atoms with E-state index in [1.807, 2.05) is 0 Å². The number of rotatable bonds is 5. The number of benzene rings is 1. The lowest BCUT2D eigenvalue weighted by Crippen LogP contribution is -2.41. The van der Waals surface area contributed by atoms with Crippen LogP contribution in [0.5, 0.6) is 0 Å². The monoisotopic (exact) mass is 325 g/mol. The Morgan fingerprint density at radius 2 is 1.96 bits per heavy atom. The van der Waals surface area contributed by atoms with E-state index in [-0.39, 0.29) is 5.91 Å². The Morgan fingerprint density at radius 3 is 2.57 bits per heavy atom. The van der Waals surface area contributed by atoms with Crippen molar-refractivity contribution in [2.45, 2.75) is 32.0 Å². The first-order chi connectivity index (χ1) is 10.7. The smallest absolute Gasteiger partial charge is 0.354 e. The molecule has 4 nitrogen and oxygen atoms in total. The zero-order valence-electron chi connectivity index (χ0n) is 12.9. The minimum absolute atomic E-state index is 0.322. The molecule has 0 radical (unpaired) electrons. The summed E-state index contributed by atoms with van der Waals surface area (Å²) < 4.78 is 40.2. The third kappa shape index (κ3) is 4.12. The van der Waals surface area contributed by atoms with Crippen molar-refractivity contribution in [1.29, 1.82) is 0 Å². The van der Waals surface area contributed by atoms with Gasteiger partial charge in [0.25, 0.3) is 0 Å². The van der Waals surface area contributed by atoms with Crippen LogP contribution in [0.3, 0.4) is 0 Å². The predicted octanol–water partition coefficient (Wildman–Crippen LogP) is 3.00. The maximum absolute atomic E-state index is 12.8. The number of nitrogens with zero attached hydrogens (tertiary/aromatic N) is 2. The Labute approximate surface area is 132 Å². The molecule has 0 fully saturated rings. The lowest BCUT2D eigenvalue weighted by Gasteiger charge is -2.25. The predicted molar refractivity (Wildman–Crippen MR) is 79.7 cm³/mol. The van der Waals surface area contributed by atoms with Crippen molar-refractivity contribution in [2.75, 3.05) is 6.54 Å². The number of aromatic nitrogens is 2. The average Bonchev–Trinajstić information content (AvgIpc) is 2.99. The highest BCUT2D eigenvalue weighted by Crippen LogP contribution is 2.32. The molecule has 23 heavy (non-hydrogen) atoms. The summed E-state index contributed by atoms with van der Waals surface area (Å²) in [5.41, 5.74) is -1.49. The van der Waals surface area contributed by atoms with Crippen molar-refractivity contribution in [3.8, 4) is 0 Å². The maximum Gasteiger partial charge on any atom is 0.416 e. The second kappa shape index (κ2) is 6.44. The Balaban J connectivity index is 2.06. The fourth-order valence-corrected chi connectivity index (χ4v) is 2.15. The standard InChI is InChI=1S/C16H18F3N3O/c1-15(2,12-4-3-5-13(10-12)16(17,18)19)14(23)21-7-9-22-8-6-20-11-22/h3-6,8,10-11H,7,9H2,1-2H3,(H,21,23). The SMILES string of the molecule is CC(C)(C(=O)NCCn1ccnc1)c1cccc(C(F)(F)F)c1. The van der Waals surface area contributed by atoms with Gasteiger partial charge in [-0.3, -0.25) is 4.79 Å². The van der Waals surface area contributed by atoms with Crippen molar-refractivity contribution >= 4 is 5.91 Å². The van der Waals surface area contributed by atoms with E-state index in [2.05, 4.69) is 10.3 Å². The van der Waals surface area contributed by atoms with Gasteiger partial charge in [0.2, 0.25) is 5.91 Å². The normalized spacial score (nSPS) is 12.2. The molecule has 1 heterocycles. The van der Waals surface area contributed by atoms with Gasteiger partial charge in [0.15, 0.2) is 0 Å². The van der Waals surface area contributed by atoms with Gasteiger partial charge in [-0.2, -0.15) is 13.2 Å². The molecular weight excluding hydrogens is 307 g/mol. The fraction of sp³-hybridized carbons (Fsp3) is 0.375. The van der Waals surface area contributed by atoms with Crippen molar-refractivity contribution in [2.24, 2.45) is 0 Å². The number of imidazole rings is 1. The molecule has 0 atom stereocenters. The fourth-order valence-electron chi connectivity index (χ4n) is 2.15. The summed E-state index contributed by atoms with van der Waals surface area (Å²) in [5.74, 6) is -0.322. The first-order valence-electron chi connectivity index (χ1n) is 7.13. The zero-order chi connectivity index (χ0) is 17.1. The van der Waals surface area contributed by atoms with Crippen molar-refractivity contribution in [3.63, 3.8) is 0 Å². The van der Waals surface area contributed by atoms with Gasteiger partial charge in [-0.05, 0) is 25.5 Å². The van der Waals surface area contributed by atoms with E-state index in [1.54, 1.807) is 37.1 Å². The molecular formula is C16H18F3N3O. The van der Waals surface area contributed by atoms with Crippen LogP contribution in [-0.2, 0) is 22.9 Å². The summed E-state index contributed by atoms with van der Waals surface area (Å²) in [6.45, 7) is 4.13. The van der Waals surface area contributed by atoms with E-state index in [0.29, 0.717) is 18.7 Å². The second-order valence-corrected chi connectivity index (χ2v) is 5.76.